The van der Waals surface area contributed by atoms with Crippen molar-refractivity contribution in [2.24, 2.45) is 5.10 Å². The zero-order valence-electron chi connectivity index (χ0n) is 15.7. The number of fused-ring (bicyclic) bond motifs is 2. The molecule has 0 fully saturated rings. The maximum atomic E-state index is 6.18. The van der Waals surface area contributed by atoms with Crippen molar-refractivity contribution < 1.29 is 0 Å². The minimum absolute atomic E-state index is 0.562. The van der Waals surface area contributed by atoms with Crippen LogP contribution in [0.15, 0.2) is 78.0 Å². The summed E-state index contributed by atoms with van der Waals surface area (Å²) >= 11 is 13.8. The van der Waals surface area contributed by atoms with Crippen LogP contribution in [0.1, 0.15) is 11.1 Å². The van der Waals surface area contributed by atoms with E-state index in [0.29, 0.717) is 16.6 Å². The van der Waals surface area contributed by atoms with E-state index in [9.17, 15) is 0 Å². The normalized spacial score (nSPS) is 11.7. The Morgan fingerprint density at radius 3 is 2.70 bits per heavy atom. The van der Waals surface area contributed by atoms with Crippen LogP contribution in [0.2, 0.25) is 10.0 Å². The standard InChI is InChI=1S/C23H16Cl2N4S/c24-18-10-9-15(11-19(18)25)13-29-14-16(17-5-1-3-7-21(17)29)12-26-28-23-27-20-6-2-4-8-22(20)30-23/h1-12,14H,13H2,(H,27,28). The molecule has 0 atom stereocenters. The first-order valence-corrected chi connectivity index (χ1v) is 10.9. The molecule has 5 rings (SSSR count). The lowest BCUT2D eigenvalue weighted by Crippen LogP contribution is -1.98. The molecule has 0 aliphatic carbocycles. The van der Waals surface area contributed by atoms with Crippen molar-refractivity contribution in [3.8, 4) is 0 Å². The third kappa shape index (κ3) is 3.79. The molecule has 30 heavy (non-hydrogen) atoms. The molecule has 7 heteroatoms. The van der Waals surface area contributed by atoms with Crippen molar-refractivity contribution >= 4 is 67.0 Å². The van der Waals surface area contributed by atoms with E-state index in [1.165, 1.54) is 0 Å². The molecule has 0 aliphatic heterocycles. The van der Waals surface area contributed by atoms with E-state index in [4.69, 9.17) is 23.2 Å². The van der Waals surface area contributed by atoms with Gasteiger partial charge in [-0.2, -0.15) is 5.10 Å². The number of benzene rings is 3. The van der Waals surface area contributed by atoms with E-state index in [-0.39, 0.29) is 0 Å². The minimum Gasteiger partial charge on any atom is -0.342 e. The molecule has 0 bridgehead atoms. The first-order valence-electron chi connectivity index (χ1n) is 9.34. The lowest BCUT2D eigenvalue weighted by molar-refractivity contribution is 0.836. The Hall–Kier alpha value is -2.86. The van der Waals surface area contributed by atoms with Crippen LogP contribution < -0.4 is 5.43 Å². The summed E-state index contributed by atoms with van der Waals surface area (Å²) in [6, 6.07) is 22.0. The summed E-state index contributed by atoms with van der Waals surface area (Å²) in [5.74, 6) is 0. The van der Waals surface area contributed by atoms with Gasteiger partial charge in [0.15, 0.2) is 0 Å². The molecule has 0 saturated heterocycles. The fourth-order valence-corrected chi connectivity index (χ4v) is 4.56. The molecule has 0 amide bonds. The summed E-state index contributed by atoms with van der Waals surface area (Å²) in [7, 11) is 0. The largest absolute Gasteiger partial charge is 0.342 e. The van der Waals surface area contributed by atoms with Crippen molar-refractivity contribution in [2.75, 3.05) is 5.43 Å². The van der Waals surface area contributed by atoms with Gasteiger partial charge in [0.1, 0.15) is 0 Å². The number of aromatic nitrogens is 2. The lowest BCUT2D eigenvalue weighted by Gasteiger charge is -2.06. The van der Waals surface area contributed by atoms with E-state index in [1.54, 1.807) is 11.3 Å². The number of halogens is 2. The summed E-state index contributed by atoms with van der Waals surface area (Å²) < 4.78 is 3.32. The summed E-state index contributed by atoms with van der Waals surface area (Å²) in [5.41, 5.74) is 7.27. The molecule has 0 radical (unpaired) electrons. The summed E-state index contributed by atoms with van der Waals surface area (Å²) in [6.45, 7) is 0.691. The highest BCUT2D eigenvalue weighted by Crippen LogP contribution is 2.27. The van der Waals surface area contributed by atoms with Crippen LogP contribution in [-0.4, -0.2) is 15.8 Å². The number of para-hydroxylation sites is 2. The number of rotatable bonds is 5. The summed E-state index contributed by atoms with van der Waals surface area (Å²) in [6.07, 6.45) is 3.93. The predicted octanol–water partition coefficient (Wildman–Crippen LogP) is 7.05. The molecule has 0 spiro atoms. The summed E-state index contributed by atoms with van der Waals surface area (Å²) in [5, 5.41) is 7.45. The first kappa shape index (κ1) is 19.1. The van der Waals surface area contributed by atoms with Crippen LogP contribution in [0.5, 0.6) is 0 Å². The Bertz CT molecular complexity index is 1350. The topological polar surface area (TPSA) is 42.2 Å². The highest BCUT2D eigenvalue weighted by atomic mass is 35.5. The molecule has 1 N–H and O–H groups in total. The monoisotopic (exact) mass is 450 g/mol. The minimum atomic E-state index is 0.562. The lowest BCUT2D eigenvalue weighted by atomic mass is 10.2. The van der Waals surface area contributed by atoms with Crippen LogP contribution in [-0.2, 0) is 6.54 Å². The second kappa shape index (κ2) is 8.11. The van der Waals surface area contributed by atoms with Gasteiger partial charge >= 0.3 is 0 Å². The molecule has 0 aliphatic rings. The number of nitrogens with one attached hydrogen (secondary N) is 1. The SMILES string of the molecule is Clc1ccc(Cn2cc(C=NNc3nc4ccccc4s3)c3ccccc32)cc1Cl. The maximum Gasteiger partial charge on any atom is 0.204 e. The zero-order chi connectivity index (χ0) is 20.5. The fraction of sp³-hybridized carbons (Fsp3) is 0.0435. The molecular formula is C23H16Cl2N4S. The van der Waals surface area contributed by atoms with Gasteiger partial charge in [0.2, 0.25) is 5.13 Å². The maximum absolute atomic E-state index is 6.18. The Morgan fingerprint density at radius 2 is 1.83 bits per heavy atom. The number of hydrazone groups is 1. The number of thiazole rings is 1. The van der Waals surface area contributed by atoms with Crippen LogP contribution in [0.25, 0.3) is 21.1 Å². The Morgan fingerprint density at radius 1 is 1.00 bits per heavy atom. The average molecular weight is 451 g/mol. The van der Waals surface area contributed by atoms with E-state index < -0.39 is 0 Å². The average Bonchev–Trinajstić information content (AvgIpc) is 3.32. The fourth-order valence-electron chi connectivity index (χ4n) is 3.42. The second-order valence-corrected chi connectivity index (χ2v) is 8.68. The number of nitrogens with zero attached hydrogens (tertiary/aromatic N) is 3. The van der Waals surface area contributed by atoms with Crippen molar-refractivity contribution in [3.05, 3.63) is 94.1 Å². The molecule has 5 aromatic rings. The van der Waals surface area contributed by atoms with Gasteiger partial charge in [-0.3, -0.25) is 5.43 Å². The van der Waals surface area contributed by atoms with Gasteiger partial charge < -0.3 is 4.57 Å². The van der Waals surface area contributed by atoms with Crippen molar-refractivity contribution in [2.45, 2.75) is 6.54 Å². The molecule has 0 saturated carbocycles. The van der Waals surface area contributed by atoms with E-state index in [1.807, 2.05) is 54.7 Å². The third-order valence-corrected chi connectivity index (χ3v) is 6.49. The van der Waals surface area contributed by atoms with E-state index in [2.05, 4.69) is 44.5 Å². The van der Waals surface area contributed by atoms with Crippen LogP contribution in [0, 0.1) is 0 Å². The van der Waals surface area contributed by atoms with Gasteiger partial charge in [-0.25, -0.2) is 4.98 Å². The van der Waals surface area contributed by atoms with Crippen LogP contribution >= 0.6 is 34.5 Å². The smallest absolute Gasteiger partial charge is 0.204 e. The molecule has 0 unspecified atom stereocenters. The molecule has 3 aromatic carbocycles. The van der Waals surface area contributed by atoms with Gasteiger partial charge in [-0.15, -0.1) is 0 Å². The Kier molecular flexibility index (Phi) is 5.17. The van der Waals surface area contributed by atoms with E-state index in [0.717, 1.165) is 37.4 Å². The molecule has 2 heterocycles. The second-order valence-electron chi connectivity index (χ2n) is 6.83. The highest BCUT2D eigenvalue weighted by molar-refractivity contribution is 7.22. The quantitative estimate of drug-likeness (QED) is 0.230. The summed E-state index contributed by atoms with van der Waals surface area (Å²) in [4.78, 5) is 4.55. The van der Waals surface area contributed by atoms with Crippen LogP contribution in [0.3, 0.4) is 0 Å². The third-order valence-electron chi connectivity index (χ3n) is 4.81. The molecular weight excluding hydrogens is 435 g/mol. The number of anilines is 1. The zero-order valence-corrected chi connectivity index (χ0v) is 18.0. The van der Waals surface area contributed by atoms with Gasteiger partial charge in [0.25, 0.3) is 0 Å². The van der Waals surface area contributed by atoms with Crippen molar-refractivity contribution in [1.29, 1.82) is 0 Å². The molecule has 4 nitrogen and oxygen atoms in total. The predicted molar refractivity (Wildman–Crippen MR) is 128 cm³/mol. The van der Waals surface area contributed by atoms with Gasteiger partial charge in [0, 0.05) is 29.2 Å². The Balaban J connectivity index is 1.42. The molecule has 148 valence electrons. The van der Waals surface area contributed by atoms with Gasteiger partial charge in [-0.1, -0.05) is 70.9 Å². The van der Waals surface area contributed by atoms with Crippen molar-refractivity contribution in [1.82, 2.24) is 9.55 Å². The number of hydrogen-bond acceptors (Lipinski definition) is 4. The first-order chi connectivity index (χ1) is 14.7. The molecule has 2 aromatic heterocycles. The van der Waals surface area contributed by atoms with Gasteiger partial charge in [0.05, 0.1) is 26.5 Å². The van der Waals surface area contributed by atoms with Crippen LogP contribution in [0.4, 0.5) is 5.13 Å². The number of hydrogen-bond donors (Lipinski definition) is 1. The van der Waals surface area contributed by atoms with E-state index >= 15 is 0 Å². The highest BCUT2D eigenvalue weighted by Gasteiger charge is 2.08. The van der Waals surface area contributed by atoms with Crippen molar-refractivity contribution in [3.63, 3.8) is 0 Å². The Labute approximate surface area is 187 Å². The van der Waals surface area contributed by atoms with Gasteiger partial charge in [-0.05, 0) is 35.9 Å².